The van der Waals surface area contributed by atoms with E-state index in [1.165, 1.54) is 0 Å². The highest BCUT2D eigenvalue weighted by Gasteiger charge is 2.24. The van der Waals surface area contributed by atoms with Gasteiger partial charge in [-0.1, -0.05) is 12.1 Å². The van der Waals surface area contributed by atoms with E-state index in [9.17, 15) is 0 Å². The van der Waals surface area contributed by atoms with Crippen LogP contribution in [0.3, 0.4) is 0 Å². The third-order valence-electron chi connectivity index (χ3n) is 4.34. The molecule has 0 saturated heterocycles. The minimum absolute atomic E-state index is 0.378. The first-order valence-electron chi connectivity index (χ1n) is 7.37. The Labute approximate surface area is 120 Å². The lowest BCUT2D eigenvalue weighted by molar-refractivity contribution is 0.383. The van der Waals surface area contributed by atoms with Crippen molar-refractivity contribution in [3.05, 3.63) is 30.0 Å². The molecule has 0 amide bonds. The minimum Gasteiger partial charge on any atom is -0.355 e. The maximum absolute atomic E-state index is 5.99. The Kier molecular flexibility index (Phi) is 3.57. The first-order valence-corrected chi connectivity index (χ1v) is 7.37. The van der Waals surface area contributed by atoms with Crippen LogP contribution < -0.4 is 10.6 Å². The maximum atomic E-state index is 5.99. The van der Waals surface area contributed by atoms with Gasteiger partial charge in [-0.15, -0.1) is 0 Å². The summed E-state index contributed by atoms with van der Waals surface area (Å²) in [7, 11) is 2.13. The van der Waals surface area contributed by atoms with E-state index in [0.29, 0.717) is 12.1 Å². The van der Waals surface area contributed by atoms with E-state index in [0.717, 1.165) is 48.2 Å². The second-order valence-electron chi connectivity index (χ2n) is 5.80. The van der Waals surface area contributed by atoms with Gasteiger partial charge < -0.3 is 10.6 Å². The van der Waals surface area contributed by atoms with E-state index in [-0.39, 0.29) is 0 Å². The summed E-state index contributed by atoms with van der Waals surface area (Å²) >= 11 is 0. The van der Waals surface area contributed by atoms with Gasteiger partial charge in [-0.3, -0.25) is 0 Å². The lowest BCUT2D eigenvalue weighted by atomic mass is 9.91. The van der Waals surface area contributed by atoms with E-state index >= 15 is 0 Å². The molecule has 1 heterocycles. The van der Waals surface area contributed by atoms with Crippen LogP contribution in [0.1, 0.15) is 31.4 Å². The normalized spacial score (nSPS) is 22.9. The van der Waals surface area contributed by atoms with E-state index in [1.807, 2.05) is 31.2 Å². The molecule has 1 aliphatic rings. The largest absolute Gasteiger partial charge is 0.355 e. The van der Waals surface area contributed by atoms with E-state index < -0.39 is 0 Å². The average molecular weight is 270 g/mol. The Bertz CT molecular complexity index is 602. The van der Waals surface area contributed by atoms with E-state index in [2.05, 4.69) is 16.9 Å². The number of hydrogen-bond acceptors (Lipinski definition) is 4. The molecule has 1 fully saturated rings. The number of anilines is 1. The number of hydrogen-bond donors (Lipinski definition) is 1. The van der Waals surface area contributed by atoms with Crippen LogP contribution >= 0.6 is 0 Å². The van der Waals surface area contributed by atoms with Crippen molar-refractivity contribution in [3.8, 4) is 0 Å². The molecule has 4 nitrogen and oxygen atoms in total. The molecule has 1 aliphatic carbocycles. The number of benzene rings is 1. The highest BCUT2D eigenvalue weighted by molar-refractivity contribution is 5.76. The predicted molar refractivity (Wildman–Crippen MR) is 82.9 cm³/mol. The Balaban J connectivity index is 1.90. The van der Waals surface area contributed by atoms with Gasteiger partial charge in [-0.25, -0.2) is 9.97 Å². The van der Waals surface area contributed by atoms with Crippen molar-refractivity contribution in [2.75, 3.05) is 11.9 Å². The fourth-order valence-corrected chi connectivity index (χ4v) is 3.07. The molecule has 2 N–H and O–H groups in total. The summed E-state index contributed by atoms with van der Waals surface area (Å²) in [6.07, 6.45) is 4.50. The van der Waals surface area contributed by atoms with Crippen molar-refractivity contribution in [2.45, 2.75) is 44.7 Å². The Morgan fingerprint density at radius 2 is 1.65 bits per heavy atom. The van der Waals surface area contributed by atoms with Gasteiger partial charge in [-0.05, 0) is 44.7 Å². The summed E-state index contributed by atoms with van der Waals surface area (Å²) < 4.78 is 0. The van der Waals surface area contributed by atoms with Gasteiger partial charge in [0.2, 0.25) is 0 Å². The number of para-hydroxylation sites is 2. The molecule has 0 atom stereocenters. The Morgan fingerprint density at radius 3 is 2.30 bits per heavy atom. The monoisotopic (exact) mass is 270 g/mol. The van der Waals surface area contributed by atoms with Crippen molar-refractivity contribution in [1.29, 1.82) is 0 Å². The van der Waals surface area contributed by atoms with Gasteiger partial charge in [0.25, 0.3) is 0 Å². The van der Waals surface area contributed by atoms with Crippen LogP contribution in [0.15, 0.2) is 24.3 Å². The molecule has 0 aliphatic heterocycles. The third-order valence-corrected chi connectivity index (χ3v) is 4.34. The molecule has 0 radical (unpaired) electrons. The number of rotatable bonds is 2. The maximum Gasteiger partial charge on any atom is 0.150 e. The molecule has 2 aromatic rings. The Hall–Kier alpha value is -1.68. The van der Waals surface area contributed by atoms with Crippen molar-refractivity contribution in [3.63, 3.8) is 0 Å². The van der Waals surface area contributed by atoms with Gasteiger partial charge in [0, 0.05) is 19.1 Å². The lowest BCUT2D eigenvalue weighted by Crippen LogP contribution is -2.39. The number of nitrogens with zero attached hydrogens (tertiary/aromatic N) is 3. The zero-order chi connectivity index (χ0) is 14.1. The predicted octanol–water partition coefficient (Wildman–Crippen LogP) is 2.64. The topological polar surface area (TPSA) is 55.0 Å². The fraction of sp³-hybridized carbons (Fsp3) is 0.500. The fourth-order valence-electron chi connectivity index (χ4n) is 3.07. The first kappa shape index (κ1) is 13.3. The van der Waals surface area contributed by atoms with Gasteiger partial charge in [0.05, 0.1) is 16.7 Å². The van der Waals surface area contributed by atoms with Gasteiger partial charge in [0.1, 0.15) is 0 Å². The van der Waals surface area contributed by atoms with Gasteiger partial charge >= 0.3 is 0 Å². The molecule has 1 aromatic carbocycles. The molecule has 3 rings (SSSR count). The second-order valence-corrected chi connectivity index (χ2v) is 5.80. The van der Waals surface area contributed by atoms with Crippen LogP contribution in [0.4, 0.5) is 5.82 Å². The molecule has 106 valence electrons. The van der Waals surface area contributed by atoms with E-state index in [4.69, 9.17) is 10.7 Å². The average Bonchev–Trinajstić information content (AvgIpc) is 2.46. The number of fused-ring (bicyclic) bond motifs is 1. The SMILES string of the molecule is Cc1nc2ccccc2nc1N(C)C1CCC(N)CC1. The van der Waals surface area contributed by atoms with Gasteiger partial charge in [0.15, 0.2) is 5.82 Å². The zero-order valence-electron chi connectivity index (χ0n) is 12.2. The molecule has 1 aromatic heterocycles. The molecule has 1 saturated carbocycles. The number of aromatic nitrogens is 2. The summed E-state index contributed by atoms with van der Waals surface area (Å²) in [5, 5.41) is 0. The summed E-state index contributed by atoms with van der Waals surface area (Å²) in [6, 6.07) is 8.96. The Morgan fingerprint density at radius 1 is 1.05 bits per heavy atom. The molecule has 0 bridgehead atoms. The standard InChI is InChI=1S/C16H22N4/c1-11-16(19-15-6-4-3-5-14(15)18-11)20(2)13-9-7-12(17)8-10-13/h3-6,12-13H,7-10,17H2,1-2H3. The third kappa shape index (κ3) is 2.48. The van der Waals surface area contributed by atoms with Crippen LogP contribution in [0.2, 0.25) is 0 Å². The zero-order valence-corrected chi connectivity index (χ0v) is 12.2. The lowest BCUT2D eigenvalue weighted by Gasteiger charge is -2.34. The van der Waals surface area contributed by atoms with Crippen molar-refractivity contribution >= 4 is 16.9 Å². The van der Waals surface area contributed by atoms with Crippen molar-refractivity contribution in [1.82, 2.24) is 9.97 Å². The molecule has 0 spiro atoms. The van der Waals surface area contributed by atoms with Crippen molar-refractivity contribution < 1.29 is 0 Å². The highest BCUT2D eigenvalue weighted by atomic mass is 15.2. The molecule has 20 heavy (non-hydrogen) atoms. The smallest absolute Gasteiger partial charge is 0.150 e. The molecule has 4 heteroatoms. The summed E-state index contributed by atoms with van der Waals surface area (Å²) in [5.74, 6) is 1.00. The van der Waals surface area contributed by atoms with Crippen LogP contribution in [-0.2, 0) is 0 Å². The van der Waals surface area contributed by atoms with E-state index in [1.54, 1.807) is 0 Å². The summed E-state index contributed by atoms with van der Waals surface area (Å²) in [4.78, 5) is 11.8. The summed E-state index contributed by atoms with van der Waals surface area (Å²) in [5.41, 5.74) is 8.93. The number of aryl methyl sites for hydroxylation is 1. The van der Waals surface area contributed by atoms with Crippen LogP contribution in [-0.4, -0.2) is 29.1 Å². The van der Waals surface area contributed by atoms with Crippen LogP contribution in [0.25, 0.3) is 11.0 Å². The molecule has 0 unspecified atom stereocenters. The highest BCUT2D eigenvalue weighted by Crippen LogP contribution is 2.27. The van der Waals surface area contributed by atoms with Gasteiger partial charge in [-0.2, -0.15) is 0 Å². The molecular formula is C16H22N4. The summed E-state index contributed by atoms with van der Waals surface area (Å²) in [6.45, 7) is 2.04. The van der Waals surface area contributed by atoms with Crippen LogP contribution in [0, 0.1) is 6.92 Å². The van der Waals surface area contributed by atoms with Crippen LogP contribution in [0.5, 0.6) is 0 Å². The minimum atomic E-state index is 0.378. The molecular weight excluding hydrogens is 248 g/mol. The second kappa shape index (κ2) is 5.37. The quantitative estimate of drug-likeness (QED) is 0.911. The first-order chi connectivity index (χ1) is 9.65. The van der Waals surface area contributed by atoms with Crippen molar-refractivity contribution in [2.24, 2.45) is 5.73 Å². The number of nitrogens with two attached hydrogens (primary N) is 1.